The summed E-state index contributed by atoms with van der Waals surface area (Å²) in [6, 6.07) is 24.2. The van der Waals surface area contributed by atoms with Crippen molar-refractivity contribution in [2.45, 2.75) is 47.0 Å². The third kappa shape index (κ3) is 3.06. The Balaban J connectivity index is 1.59. The van der Waals surface area contributed by atoms with Crippen molar-refractivity contribution in [3.8, 4) is 0 Å². The molecule has 0 bridgehead atoms. The Morgan fingerprint density at radius 1 is 0.395 bits per heavy atom. The van der Waals surface area contributed by atoms with Crippen molar-refractivity contribution >= 4 is 140 Å². The molecule has 0 aliphatic carbocycles. The summed E-state index contributed by atoms with van der Waals surface area (Å²) in [5.41, 5.74) is 0. The quantitative estimate of drug-likeness (QED) is 0.135. The fourth-order valence-electron chi connectivity index (χ4n) is 7.86. The monoisotopic (exact) mass is 624 g/mol. The third-order valence-corrected chi connectivity index (χ3v) is 14.7. The summed E-state index contributed by atoms with van der Waals surface area (Å²) in [5, 5.41) is 20.2. The van der Waals surface area contributed by atoms with Crippen LogP contribution in [-0.4, -0.2) is 0 Å². The van der Waals surface area contributed by atoms with Crippen molar-refractivity contribution in [2.24, 2.45) is 0 Å². The predicted octanol–water partition coefficient (Wildman–Crippen LogP) is 13.7. The number of benzene rings is 6. The zero-order valence-corrected chi connectivity index (χ0v) is 27.8. The van der Waals surface area contributed by atoms with Gasteiger partial charge in [-0.25, -0.2) is 0 Å². The lowest BCUT2D eigenvalue weighted by Crippen LogP contribution is -1.90. The predicted molar refractivity (Wildman–Crippen MR) is 200 cm³/mol. The van der Waals surface area contributed by atoms with Crippen LogP contribution in [0.2, 0.25) is 0 Å². The van der Waals surface area contributed by atoms with Gasteiger partial charge in [0.25, 0.3) is 0 Å². The highest BCUT2D eigenvalue weighted by molar-refractivity contribution is 7.23. The van der Waals surface area contributed by atoms with E-state index in [1.54, 1.807) is 0 Å². The van der Waals surface area contributed by atoms with Crippen LogP contribution in [0.4, 0.5) is 0 Å². The molecule has 4 aromatic heterocycles. The average molecular weight is 625 g/mol. The molecule has 0 saturated carbocycles. The average Bonchev–Trinajstić information content (AvgIpc) is 3.82. The second kappa shape index (κ2) is 8.67. The van der Waals surface area contributed by atoms with E-state index in [2.05, 4.69) is 88.4 Å². The molecule has 43 heavy (non-hydrogen) atoms. The molecule has 208 valence electrons. The zero-order valence-electron chi connectivity index (χ0n) is 24.5. The van der Waals surface area contributed by atoms with Crippen LogP contribution >= 0.6 is 45.3 Å². The molecule has 0 aliphatic rings. The van der Waals surface area contributed by atoms with Crippen LogP contribution in [0.25, 0.3) is 94.2 Å². The second-order valence-corrected chi connectivity index (χ2v) is 16.6. The van der Waals surface area contributed by atoms with E-state index in [0.29, 0.717) is 0 Å². The van der Waals surface area contributed by atoms with Gasteiger partial charge in [-0.3, -0.25) is 0 Å². The lowest BCUT2D eigenvalue weighted by molar-refractivity contribution is 1.19. The molecule has 0 spiro atoms. The van der Waals surface area contributed by atoms with Crippen LogP contribution in [0.1, 0.15) is 40.3 Å². The van der Waals surface area contributed by atoms with Gasteiger partial charge >= 0.3 is 0 Å². The van der Waals surface area contributed by atoms with Gasteiger partial charge < -0.3 is 0 Å². The fourth-order valence-corrected chi connectivity index (χ4v) is 12.5. The minimum Gasteiger partial charge on any atom is -0.140 e. The van der Waals surface area contributed by atoms with Crippen molar-refractivity contribution in [3.63, 3.8) is 0 Å². The molecule has 0 N–H and O–H groups in total. The minimum absolute atomic E-state index is 1.08. The molecule has 0 radical (unpaired) electrons. The number of aryl methyl sites for hydroxylation is 4. The van der Waals surface area contributed by atoms with Crippen molar-refractivity contribution in [1.29, 1.82) is 0 Å². The van der Waals surface area contributed by atoms with Gasteiger partial charge in [-0.15, -0.1) is 45.3 Å². The molecular formula is C39H28S4. The number of rotatable bonds is 3. The Morgan fingerprint density at radius 3 is 1.07 bits per heavy atom. The van der Waals surface area contributed by atoms with Gasteiger partial charge in [0.2, 0.25) is 0 Å². The van der Waals surface area contributed by atoms with Crippen LogP contribution in [0.5, 0.6) is 0 Å². The van der Waals surface area contributed by atoms with Gasteiger partial charge in [0.15, 0.2) is 0 Å². The van der Waals surface area contributed by atoms with Gasteiger partial charge in [-0.05, 0) is 82.8 Å². The van der Waals surface area contributed by atoms with Crippen molar-refractivity contribution in [1.82, 2.24) is 0 Å². The van der Waals surface area contributed by atoms with E-state index in [4.69, 9.17) is 0 Å². The molecule has 4 heteroatoms. The molecule has 4 heterocycles. The Bertz CT molecular complexity index is 2790. The topological polar surface area (TPSA) is 0 Å². The number of fused-ring (bicyclic) bond motifs is 16. The standard InChI is InChI=1S/C39H28S4/c1-5-19-15-27-26-14-18(4)40-36(26)32-22-10-8-12-24-30(22)31-23(33(32)37(27)41-19)11-9-13-25(31)35-34(24)38-28(16-20(6-2)42-38)29-17-21(7-3)43-39(29)35/h8-17H,5-7H2,1-4H3. The smallest absolute Gasteiger partial charge is 0.0437 e. The molecule has 0 amide bonds. The number of hydrogen-bond acceptors (Lipinski definition) is 4. The molecule has 0 nitrogen and oxygen atoms in total. The van der Waals surface area contributed by atoms with Crippen molar-refractivity contribution in [2.75, 3.05) is 0 Å². The molecule has 10 rings (SSSR count). The highest BCUT2D eigenvalue weighted by Crippen LogP contribution is 2.54. The fraction of sp³-hybridized carbons (Fsp3) is 0.179. The Morgan fingerprint density at radius 2 is 0.721 bits per heavy atom. The van der Waals surface area contributed by atoms with Gasteiger partial charge in [0.05, 0.1) is 0 Å². The summed E-state index contributed by atoms with van der Waals surface area (Å²) < 4.78 is 5.84. The second-order valence-electron chi connectivity index (χ2n) is 12.0. The van der Waals surface area contributed by atoms with Gasteiger partial charge in [0, 0.05) is 81.4 Å². The largest absolute Gasteiger partial charge is 0.140 e. The van der Waals surface area contributed by atoms with E-state index in [0.717, 1.165) is 19.3 Å². The molecule has 6 aromatic carbocycles. The van der Waals surface area contributed by atoms with Crippen LogP contribution in [-0.2, 0) is 19.3 Å². The summed E-state index contributed by atoms with van der Waals surface area (Å²) >= 11 is 8.02. The Labute approximate surface area is 265 Å². The molecule has 0 saturated heterocycles. The summed E-state index contributed by atoms with van der Waals surface area (Å²) in [4.78, 5) is 5.82. The maximum atomic E-state index is 2.49. The Kier molecular flexibility index (Phi) is 5.06. The first-order valence-electron chi connectivity index (χ1n) is 15.4. The SMILES string of the molecule is CCc1cc2c3cc(C)sc3c3c4cccc5c4c4c(cccc4c4c6sc(CC)cc6c6cc(CC)sc6c54)c3c2s1. The third-order valence-electron chi connectivity index (χ3n) is 9.69. The molecule has 0 aliphatic heterocycles. The van der Waals surface area contributed by atoms with E-state index < -0.39 is 0 Å². The molecular weight excluding hydrogens is 597 g/mol. The summed E-state index contributed by atoms with van der Waals surface area (Å²) in [5.74, 6) is 0. The zero-order chi connectivity index (χ0) is 28.7. The molecule has 0 atom stereocenters. The first-order chi connectivity index (χ1) is 21.1. The maximum absolute atomic E-state index is 2.49. The normalized spacial score (nSPS) is 12.9. The summed E-state index contributed by atoms with van der Waals surface area (Å²) in [6.07, 6.45) is 3.23. The van der Waals surface area contributed by atoms with Crippen LogP contribution in [0.15, 0.2) is 60.7 Å². The van der Waals surface area contributed by atoms with Crippen LogP contribution in [0, 0.1) is 6.92 Å². The van der Waals surface area contributed by atoms with Crippen LogP contribution < -0.4 is 0 Å². The molecule has 0 fully saturated rings. The van der Waals surface area contributed by atoms with Gasteiger partial charge in [0.1, 0.15) is 0 Å². The summed E-state index contributed by atoms with van der Waals surface area (Å²) in [6.45, 7) is 9.16. The lowest BCUT2D eigenvalue weighted by Gasteiger charge is -2.19. The minimum atomic E-state index is 1.08. The van der Waals surface area contributed by atoms with E-state index in [1.807, 2.05) is 45.3 Å². The van der Waals surface area contributed by atoms with E-state index in [-0.39, 0.29) is 0 Å². The van der Waals surface area contributed by atoms with E-state index in [9.17, 15) is 0 Å². The maximum Gasteiger partial charge on any atom is 0.0437 e. The molecule has 10 aromatic rings. The first-order valence-corrected chi connectivity index (χ1v) is 18.6. The van der Waals surface area contributed by atoms with Crippen LogP contribution in [0.3, 0.4) is 0 Å². The number of thiophene rings is 4. The lowest BCUT2D eigenvalue weighted by atomic mass is 9.85. The highest BCUT2D eigenvalue weighted by atomic mass is 32.1. The van der Waals surface area contributed by atoms with E-state index >= 15 is 0 Å². The number of hydrogen-bond donors (Lipinski definition) is 0. The van der Waals surface area contributed by atoms with Crippen molar-refractivity contribution in [3.05, 3.63) is 80.2 Å². The van der Waals surface area contributed by atoms with Crippen molar-refractivity contribution < 1.29 is 0 Å². The van der Waals surface area contributed by atoms with Gasteiger partial charge in [-0.1, -0.05) is 57.2 Å². The molecule has 0 unspecified atom stereocenters. The van der Waals surface area contributed by atoms with E-state index in [1.165, 1.54) is 114 Å². The first kappa shape index (κ1) is 25.1. The van der Waals surface area contributed by atoms with Gasteiger partial charge in [-0.2, -0.15) is 0 Å². The summed E-state index contributed by atoms with van der Waals surface area (Å²) in [7, 11) is 0. The highest BCUT2D eigenvalue weighted by Gasteiger charge is 2.25. The Hall–Kier alpha value is -3.28.